The molecule has 4 nitrogen and oxygen atoms in total. The van der Waals surface area contributed by atoms with E-state index < -0.39 is 9.84 Å². The molecular weight excluding hydrogens is 214 g/mol. The van der Waals surface area contributed by atoms with Gasteiger partial charge in [0.15, 0.2) is 0 Å². The lowest BCUT2D eigenvalue weighted by Crippen LogP contribution is -2.22. The molecule has 15 heavy (non-hydrogen) atoms. The number of unbranched alkanes of at least 4 members (excludes halogenated alkanes) is 2. The van der Waals surface area contributed by atoms with E-state index in [-0.39, 0.29) is 12.4 Å². The van der Waals surface area contributed by atoms with Crippen LogP contribution in [0.2, 0.25) is 0 Å². The highest BCUT2D eigenvalue weighted by molar-refractivity contribution is 7.90. The van der Waals surface area contributed by atoms with Crippen LogP contribution in [0.3, 0.4) is 0 Å². The summed E-state index contributed by atoms with van der Waals surface area (Å²) in [6.45, 7) is 2.06. The van der Waals surface area contributed by atoms with Crippen LogP contribution < -0.4 is 0 Å². The number of nitrogens with zero attached hydrogens (tertiary/aromatic N) is 1. The van der Waals surface area contributed by atoms with Crippen LogP contribution in [0.1, 0.15) is 25.7 Å². The van der Waals surface area contributed by atoms with Gasteiger partial charge in [-0.1, -0.05) is 0 Å². The summed E-state index contributed by atoms with van der Waals surface area (Å²) in [5.74, 6) is 0.272. The molecule has 0 aliphatic heterocycles. The molecule has 0 aromatic rings. The average molecular weight is 237 g/mol. The first-order valence-electron chi connectivity index (χ1n) is 5.43. The van der Waals surface area contributed by atoms with Crippen LogP contribution in [0.4, 0.5) is 0 Å². The molecule has 0 aromatic carbocycles. The fourth-order valence-corrected chi connectivity index (χ4v) is 2.03. The maximum Gasteiger partial charge on any atom is 0.147 e. The first-order chi connectivity index (χ1) is 6.95. The van der Waals surface area contributed by atoms with E-state index in [0.717, 1.165) is 32.4 Å². The second-order valence-corrected chi connectivity index (χ2v) is 6.33. The van der Waals surface area contributed by atoms with Crippen molar-refractivity contribution in [3.05, 3.63) is 0 Å². The van der Waals surface area contributed by atoms with E-state index in [9.17, 15) is 8.42 Å². The molecular formula is C10H23NO3S. The normalized spacial score (nSPS) is 12.3. The Morgan fingerprint density at radius 2 is 1.67 bits per heavy atom. The molecule has 0 atom stereocenters. The number of sulfone groups is 1. The Morgan fingerprint density at radius 3 is 2.20 bits per heavy atom. The van der Waals surface area contributed by atoms with E-state index in [2.05, 4.69) is 4.90 Å². The van der Waals surface area contributed by atoms with Gasteiger partial charge in [0.1, 0.15) is 9.84 Å². The fourth-order valence-electron chi connectivity index (χ4n) is 1.38. The highest BCUT2D eigenvalue weighted by Gasteiger charge is 2.03. The molecule has 0 saturated carbocycles. The maximum absolute atomic E-state index is 10.9. The highest BCUT2D eigenvalue weighted by atomic mass is 32.2. The minimum atomic E-state index is -2.81. The van der Waals surface area contributed by atoms with Gasteiger partial charge in [-0.3, -0.25) is 0 Å². The zero-order valence-corrected chi connectivity index (χ0v) is 10.6. The molecule has 0 spiro atoms. The zero-order chi connectivity index (χ0) is 11.7. The summed E-state index contributed by atoms with van der Waals surface area (Å²) in [5.41, 5.74) is 0. The van der Waals surface area contributed by atoms with Gasteiger partial charge in [-0.15, -0.1) is 0 Å². The molecule has 0 aliphatic rings. The molecule has 0 amide bonds. The van der Waals surface area contributed by atoms with E-state index >= 15 is 0 Å². The fraction of sp³-hybridized carbons (Fsp3) is 1.00. The number of hydrogen-bond donors (Lipinski definition) is 1. The van der Waals surface area contributed by atoms with Crippen molar-refractivity contribution >= 4 is 9.84 Å². The van der Waals surface area contributed by atoms with Crippen molar-refractivity contribution < 1.29 is 13.5 Å². The molecule has 92 valence electrons. The summed E-state index contributed by atoms with van der Waals surface area (Å²) in [4.78, 5) is 2.14. The van der Waals surface area contributed by atoms with Crippen LogP contribution in [-0.2, 0) is 9.84 Å². The smallest absolute Gasteiger partial charge is 0.147 e. The Balaban J connectivity index is 3.37. The second kappa shape index (κ2) is 8.07. The van der Waals surface area contributed by atoms with Crippen LogP contribution >= 0.6 is 0 Å². The van der Waals surface area contributed by atoms with E-state index in [4.69, 9.17) is 5.11 Å². The summed E-state index contributed by atoms with van der Waals surface area (Å²) < 4.78 is 21.7. The Labute approximate surface area is 93.2 Å². The zero-order valence-electron chi connectivity index (χ0n) is 9.78. The monoisotopic (exact) mass is 237 g/mol. The topological polar surface area (TPSA) is 57.6 Å². The first kappa shape index (κ1) is 14.9. The van der Waals surface area contributed by atoms with Gasteiger partial charge in [-0.05, 0) is 45.8 Å². The standard InChI is InChI=1S/C10H23NO3S/c1-11(7-4-3-5-9-12)8-6-10-15(2,13)14/h12H,3-10H2,1-2H3. The molecule has 0 heterocycles. The van der Waals surface area contributed by atoms with Crippen molar-refractivity contribution in [1.82, 2.24) is 4.90 Å². The van der Waals surface area contributed by atoms with Gasteiger partial charge in [0.2, 0.25) is 0 Å². The van der Waals surface area contributed by atoms with Crippen molar-refractivity contribution in [2.24, 2.45) is 0 Å². The molecule has 0 unspecified atom stereocenters. The minimum Gasteiger partial charge on any atom is -0.396 e. The third-order valence-electron chi connectivity index (χ3n) is 2.25. The van der Waals surface area contributed by atoms with Crippen molar-refractivity contribution in [3.63, 3.8) is 0 Å². The Kier molecular flexibility index (Phi) is 8.00. The SMILES string of the molecule is CN(CCCCCO)CCCS(C)(=O)=O. The van der Waals surface area contributed by atoms with Crippen LogP contribution in [0.5, 0.6) is 0 Å². The molecule has 0 saturated heterocycles. The maximum atomic E-state index is 10.9. The molecule has 0 radical (unpaired) electrons. The molecule has 0 bridgehead atoms. The third-order valence-corrected chi connectivity index (χ3v) is 3.28. The minimum absolute atomic E-state index is 0.262. The number of aliphatic hydroxyl groups is 1. The number of rotatable bonds is 9. The predicted octanol–water partition coefficient (Wildman–Crippen LogP) is 0.516. The number of aliphatic hydroxyl groups excluding tert-OH is 1. The molecule has 0 aliphatic carbocycles. The lowest BCUT2D eigenvalue weighted by molar-refractivity contribution is 0.273. The van der Waals surface area contributed by atoms with Gasteiger partial charge in [0, 0.05) is 12.9 Å². The average Bonchev–Trinajstić information content (AvgIpc) is 2.10. The first-order valence-corrected chi connectivity index (χ1v) is 7.49. The molecule has 0 aromatic heterocycles. The molecule has 5 heteroatoms. The van der Waals surface area contributed by atoms with Gasteiger partial charge in [-0.25, -0.2) is 8.42 Å². The third kappa shape index (κ3) is 11.8. The van der Waals surface area contributed by atoms with Crippen LogP contribution in [-0.4, -0.2) is 57.2 Å². The van der Waals surface area contributed by atoms with E-state index in [1.165, 1.54) is 6.26 Å². The van der Waals surface area contributed by atoms with Crippen LogP contribution in [0, 0.1) is 0 Å². The molecule has 0 rings (SSSR count). The van der Waals surface area contributed by atoms with E-state index in [1.807, 2.05) is 7.05 Å². The lowest BCUT2D eigenvalue weighted by atomic mass is 10.2. The van der Waals surface area contributed by atoms with Gasteiger partial charge >= 0.3 is 0 Å². The summed E-state index contributed by atoms with van der Waals surface area (Å²) >= 11 is 0. The van der Waals surface area contributed by atoms with Gasteiger partial charge in [-0.2, -0.15) is 0 Å². The predicted molar refractivity (Wildman–Crippen MR) is 62.8 cm³/mol. The summed E-state index contributed by atoms with van der Waals surface area (Å²) in [6, 6.07) is 0. The Hall–Kier alpha value is -0.130. The van der Waals surface area contributed by atoms with Crippen molar-refractivity contribution in [2.45, 2.75) is 25.7 Å². The summed E-state index contributed by atoms with van der Waals surface area (Å²) in [6.07, 6.45) is 4.93. The molecule has 1 N–H and O–H groups in total. The van der Waals surface area contributed by atoms with Gasteiger partial charge in [0.05, 0.1) is 5.75 Å². The van der Waals surface area contributed by atoms with Crippen molar-refractivity contribution in [2.75, 3.05) is 38.8 Å². The Morgan fingerprint density at radius 1 is 1.07 bits per heavy atom. The molecule has 0 fully saturated rings. The van der Waals surface area contributed by atoms with Crippen molar-refractivity contribution in [3.8, 4) is 0 Å². The summed E-state index contributed by atoms with van der Waals surface area (Å²) in [5, 5.41) is 8.58. The largest absolute Gasteiger partial charge is 0.396 e. The van der Waals surface area contributed by atoms with Gasteiger partial charge in [0.25, 0.3) is 0 Å². The highest BCUT2D eigenvalue weighted by Crippen LogP contribution is 1.98. The van der Waals surface area contributed by atoms with Gasteiger partial charge < -0.3 is 10.0 Å². The quantitative estimate of drug-likeness (QED) is 0.594. The van der Waals surface area contributed by atoms with Crippen LogP contribution in [0.15, 0.2) is 0 Å². The van der Waals surface area contributed by atoms with Crippen LogP contribution in [0.25, 0.3) is 0 Å². The number of hydrogen-bond acceptors (Lipinski definition) is 4. The lowest BCUT2D eigenvalue weighted by Gasteiger charge is -2.15. The summed E-state index contributed by atoms with van der Waals surface area (Å²) in [7, 11) is -0.807. The second-order valence-electron chi connectivity index (χ2n) is 4.07. The van der Waals surface area contributed by atoms with Crippen molar-refractivity contribution in [1.29, 1.82) is 0 Å². The van der Waals surface area contributed by atoms with E-state index in [0.29, 0.717) is 6.42 Å². The van der Waals surface area contributed by atoms with E-state index in [1.54, 1.807) is 0 Å². The Bertz CT molecular complexity index is 239.